The number of hydrogen-bond acceptors (Lipinski definition) is 2. The van der Waals surface area contributed by atoms with Crippen molar-refractivity contribution in [2.45, 2.75) is 32.7 Å². The molecule has 0 atom stereocenters. The van der Waals surface area contributed by atoms with Gasteiger partial charge in [0.1, 0.15) is 0 Å². The third-order valence-electron chi connectivity index (χ3n) is 3.47. The Hall–Kier alpha value is -1.29. The number of halogens is 1. The van der Waals surface area contributed by atoms with Gasteiger partial charge >= 0.3 is 5.97 Å². The van der Waals surface area contributed by atoms with E-state index >= 15 is 0 Å². The standard InChI is InChI=1S/C16H20BrNO2/c1-11(2)18(10-13-3-4-13)15-7-5-12(9-14(15)17)6-8-16(19)20/h5-9,11,13H,3-4,10H2,1-2H3,(H,19,20)/b8-6+. The molecule has 1 aliphatic carbocycles. The van der Waals surface area contributed by atoms with Crippen LogP contribution in [0.2, 0.25) is 0 Å². The Kier molecular flexibility index (Phi) is 4.86. The SMILES string of the molecule is CC(C)N(CC1CC1)c1ccc(/C=C/C(=O)O)cc1Br. The third-order valence-corrected chi connectivity index (χ3v) is 4.11. The molecule has 1 N–H and O–H groups in total. The number of carboxylic acid groups (broad SMARTS) is 1. The average Bonchev–Trinajstić information content (AvgIpc) is 3.18. The summed E-state index contributed by atoms with van der Waals surface area (Å²) >= 11 is 3.61. The van der Waals surface area contributed by atoms with Crippen LogP contribution in [0.5, 0.6) is 0 Å². The molecule has 1 aliphatic rings. The average molecular weight is 338 g/mol. The zero-order valence-corrected chi connectivity index (χ0v) is 13.4. The van der Waals surface area contributed by atoms with E-state index in [0.29, 0.717) is 6.04 Å². The molecule has 0 unspecified atom stereocenters. The molecule has 0 saturated heterocycles. The summed E-state index contributed by atoms with van der Waals surface area (Å²) < 4.78 is 1.01. The molecule has 3 nitrogen and oxygen atoms in total. The highest BCUT2D eigenvalue weighted by Gasteiger charge is 2.26. The smallest absolute Gasteiger partial charge is 0.328 e. The monoisotopic (exact) mass is 337 g/mol. The number of benzene rings is 1. The van der Waals surface area contributed by atoms with Gasteiger partial charge in [0.25, 0.3) is 0 Å². The Morgan fingerprint density at radius 2 is 2.20 bits per heavy atom. The number of carboxylic acids is 1. The first-order valence-corrected chi connectivity index (χ1v) is 7.74. The lowest BCUT2D eigenvalue weighted by Gasteiger charge is -2.30. The maximum atomic E-state index is 10.5. The molecule has 0 amide bonds. The van der Waals surface area contributed by atoms with Crippen LogP contribution >= 0.6 is 15.9 Å². The van der Waals surface area contributed by atoms with Crippen molar-refractivity contribution < 1.29 is 9.90 Å². The maximum Gasteiger partial charge on any atom is 0.328 e. The van der Waals surface area contributed by atoms with Gasteiger partial charge in [-0.1, -0.05) is 6.07 Å². The molecule has 0 radical (unpaired) electrons. The van der Waals surface area contributed by atoms with E-state index in [1.165, 1.54) is 18.5 Å². The molecule has 0 aliphatic heterocycles. The first-order chi connectivity index (χ1) is 9.47. The number of anilines is 1. The van der Waals surface area contributed by atoms with E-state index in [4.69, 9.17) is 5.11 Å². The van der Waals surface area contributed by atoms with Gasteiger partial charge in [0.15, 0.2) is 0 Å². The minimum absolute atomic E-state index is 0.451. The molecule has 1 fully saturated rings. The Morgan fingerprint density at radius 3 is 2.70 bits per heavy atom. The summed E-state index contributed by atoms with van der Waals surface area (Å²) in [6, 6.07) is 6.44. The fourth-order valence-electron chi connectivity index (χ4n) is 2.19. The van der Waals surface area contributed by atoms with Crippen LogP contribution in [0.1, 0.15) is 32.3 Å². The number of hydrogen-bond donors (Lipinski definition) is 1. The summed E-state index contributed by atoms with van der Waals surface area (Å²) in [5.41, 5.74) is 2.07. The third kappa shape index (κ3) is 4.10. The predicted molar refractivity (Wildman–Crippen MR) is 86.0 cm³/mol. The van der Waals surface area contributed by atoms with Crippen LogP contribution in [-0.4, -0.2) is 23.7 Å². The largest absolute Gasteiger partial charge is 0.478 e. The summed E-state index contributed by atoms with van der Waals surface area (Å²) in [5.74, 6) is -0.0985. The van der Waals surface area contributed by atoms with Crippen molar-refractivity contribution >= 4 is 33.7 Å². The van der Waals surface area contributed by atoms with Gasteiger partial charge in [0.2, 0.25) is 0 Å². The van der Waals surface area contributed by atoms with Crippen molar-refractivity contribution in [3.63, 3.8) is 0 Å². The lowest BCUT2D eigenvalue weighted by atomic mass is 10.1. The molecule has 108 valence electrons. The Labute approximate surface area is 128 Å². The van der Waals surface area contributed by atoms with Crippen LogP contribution in [0.25, 0.3) is 6.08 Å². The second-order valence-corrected chi connectivity index (χ2v) is 6.43. The Morgan fingerprint density at radius 1 is 1.50 bits per heavy atom. The summed E-state index contributed by atoms with van der Waals surface area (Å²) in [7, 11) is 0. The van der Waals surface area contributed by atoms with E-state index in [2.05, 4.69) is 40.7 Å². The lowest BCUT2D eigenvalue weighted by Crippen LogP contribution is -2.33. The topological polar surface area (TPSA) is 40.5 Å². The summed E-state index contributed by atoms with van der Waals surface area (Å²) in [6.45, 7) is 5.50. The van der Waals surface area contributed by atoms with E-state index in [1.54, 1.807) is 6.08 Å². The number of aliphatic carboxylic acids is 1. The summed E-state index contributed by atoms with van der Waals surface area (Å²) in [4.78, 5) is 13.0. The van der Waals surface area contributed by atoms with Gasteiger partial charge in [-0.05, 0) is 72.3 Å². The van der Waals surface area contributed by atoms with Crippen LogP contribution in [-0.2, 0) is 4.79 Å². The van der Waals surface area contributed by atoms with Crippen LogP contribution in [0, 0.1) is 5.92 Å². The highest BCUT2D eigenvalue weighted by atomic mass is 79.9. The van der Waals surface area contributed by atoms with Crippen molar-refractivity contribution in [1.29, 1.82) is 0 Å². The van der Waals surface area contributed by atoms with Crippen molar-refractivity contribution in [2.75, 3.05) is 11.4 Å². The Balaban J connectivity index is 2.20. The zero-order valence-electron chi connectivity index (χ0n) is 11.8. The molecule has 0 aromatic heterocycles. The highest BCUT2D eigenvalue weighted by molar-refractivity contribution is 9.10. The van der Waals surface area contributed by atoms with Crippen molar-refractivity contribution in [3.8, 4) is 0 Å². The molecule has 20 heavy (non-hydrogen) atoms. The minimum Gasteiger partial charge on any atom is -0.478 e. The van der Waals surface area contributed by atoms with E-state index in [0.717, 1.165) is 28.6 Å². The molecule has 0 bridgehead atoms. The molecule has 4 heteroatoms. The van der Waals surface area contributed by atoms with Gasteiger partial charge < -0.3 is 10.0 Å². The second-order valence-electron chi connectivity index (χ2n) is 5.57. The first-order valence-electron chi connectivity index (χ1n) is 6.94. The van der Waals surface area contributed by atoms with Gasteiger partial charge in [0, 0.05) is 23.1 Å². The van der Waals surface area contributed by atoms with Crippen LogP contribution < -0.4 is 4.90 Å². The molecule has 0 heterocycles. The van der Waals surface area contributed by atoms with E-state index in [1.807, 2.05) is 12.1 Å². The van der Waals surface area contributed by atoms with Crippen LogP contribution in [0.4, 0.5) is 5.69 Å². The maximum absolute atomic E-state index is 10.5. The number of carbonyl (C=O) groups is 1. The van der Waals surface area contributed by atoms with Crippen molar-refractivity contribution in [2.24, 2.45) is 5.92 Å². The normalized spacial score (nSPS) is 15.0. The van der Waals surface area contributed by atoms with E-state index in [9.17, 15) is 4.79 Å². The van der Waals surface area contributed by atoms with Crippen LogP contribution in [0.3, 0.4) is 0 Å². The zero-order chi connectivity index (χ0) is 14.7. The first kappa shape index (κ1) is 15.1. The molecule has 2 rings (SSSR count). The lowest BCUT2D eigenvalue weighted by molar-refractivity contribution is -0.131. The van der Waals surface area contributed by atoms with E-state index in [-0.39, 0.29) is 0 Å². The van der Waals surface area contributed by atoms with Gasteiger partial charge in [0.05, 0.1) is 5.69 Å². The van der Waals surface area contributed by atoms with Gasteiger partial charge in [-0.3, -0.25) is 0 Å². The van der Waals surface area contributed by atoms with Crippen LogP contribution in [0.15, 0.2) is 28.7 Å². The quantitative estimate of drug-likeness (QED) is 0.792. The second kappa shape index (κ2) is 6.44. The predicted octanol–water partition coefficient (Wildman–Crippen LogP) is 4.17. The molecular formula is C16H20BrNO2. The Bertz CT molecular complexity index is 521. The number of rotatable bonds is 6. The van der Waals surface area contributed by atoms with Crippen molar-refractivity contribution in [1.82, 2.24) is 0 Å². The fraction of sp³-hybridized carbons (Fsp3) is 0.438. The van der Waals surface area contributed by atoms with Gasteiger partial charge in [-0.25, -0.2) is 4.79 Å². The molecule has 1 aromatic rings. The molecule has 1 saturated carbocycles. The highest BCUT2D eigenvalue weighted by Crippen LogP contribution is 2.35. The molecule has 0 spiro atoms. The summed E-state index contributed by atoms with van der Waals surface area (Å²) in [6.07, 6.45) is 5.43. The molecule has 1 aromatic carbocycles. The van der Waals surface area contributed by atoms with E-state index < -0.39 is 5.97 Å². The number of nitrogens with zero attached hydrogens (tertiary/aromatic N) is 1. The molecular weight excluding hydrogens is 318 g/mol. The fourth-order valence-corrected chi connectivity index (χ4v) is 2.82. The minimum atomic E-state index is -0.928. The van der Waals surface area contributed by atoms with Crippen molar-refractivity contribution in [3.05, 3.63) is 34.3 Å². The van der Waals surface area contributed by atoms with Gasteiger partial charge in [-0.2, -0.15) is 0 Å². The van der Waals surface area contributed by atoms with Gasteiger partial charge in [-0.15, -0.1) is 0 Å². The summed E-state index contributed by atoms with van der Waals surface area (Å²) in [5, 5.41) is 8.66.